The van der Waals surface area contributed by atoms with E-state index in [2.05, 4.69) is 34.0 Å². The molecule has 3 heterocycles. The topological polar surface area (TPSA) is 105 Å². The zero-order valence-corrected chi connectivity index (χ0v) is 21.6. The SMILES string of the molecule is COc1ccc(S(=O)(=O)N(C)C)cc1NC(=O)C1CCN(c2ncnc3sc(C)c(C)c23)CC1. The van der Waals surface area contributed by atoms with Gasteiger partial charge in [0.2, 0.25) is 15.9 Å². The number of piperidine rings is 1. The van der Waals surface area contributed by atoms with E-state index in [-0.39, 0.29) is 16.7 Å². The molecule has 11 heteroatoms. The molecule has 182 valence electrons. The van der Waals surface area contributed by atoms with Crippen LogP contribution < -0.4 is 15.0 Å². The average molecular weight is 504 g/mol. The number of aromatic nitrogens is 2. The molecular weight excluding hydrogens is 474 g/mol. The first kappa shape index (κ1) is 24.4. The summed E-state index contributed by atoms with van der Waals surface area (Å²) in [5.74, 6) is 0.995. The zero-order chi connectivity index (χ0) is 24.6. The summed E-state index contributed by atoms with van der Waals surface area (Å²) in [4.78, 5) is 26.6. The molecule has 9 nitrogen and oxygen atoms in total. The number of hydrogen-bond acceptors (Lipinski definition) is 8. The van der Waals surface area contributed by atoms with Crippen molar-refractivity contribution in [3.8, 4) is 5.75 Å². The number of carbonyl (C=O) groups is 1. The third-order valence-electron chi connectivity index (χ3n) is 6.32. The molecule has 1 saturated heterocycles. The summed E-state index contributed by atoms with van der Waals surface area (Å²) in [6, 6.07) is 4.47. The van der Waals surface area contributed by atoms with Crippen LogP contribution in [0.3, 0.4) is 0 Å². The maximum atomic E-state index is 13.1. The first-order valence-electron chi connectivity index (χ1n) is 11.0. The van der Waals surface area contributed by atoms with E-state index in [4.69, 9.17) is 4.74 Å². The van der Waals surface area contributed by atoms with Crippen LogP contribution in [0, 0.1) is 19.8 Å². The van der Waals surface area contributed by atoms with Crippen LogP contribution >= 0.6 is 11.3 Å². The molecule has 1 amide bonds. The molecular formula is C23H29N5O4S2. The van der Waals surface area contributed by atoms with E-state index in [1.807, 2.05) is 0 Å². The van der Waals surface area contributed by atoms with Gasteiger partial charge >= 0.3 is 0 Å². The standard InChI is InChI=1S/C23H29N5O4S2/c1-14-15(2)33-23-20(14)21(24-13-25-23)28-10-8-16(9-11-28)22(29)26-18-12-17(6-7-19(18)32-5)34(30,31)27(3)4/h6-7,12-13,16H,8-11H2,1-5H3,(H,26,29). The molecule has 4 rings (SSSR count). The Morgan fingerprint density at radius 2 is 1.91 bits per heavy atom. The highest BCUT2D eigenvalue weighted by Crippen LogP contribution is 2.36. The first-order valence-corrected chi connectivity index (χ1v) is 13.3. The lowest BCUT2D eigenvalue weighted by Gasteiger charge is -2.32. The van der Waals surface area contributed by atoms with Crippen molar-refractivity contribution in [2.24, 2.45) is 5.92 Å². The van der Waals surface area contributed by atoms with Gasteiger partial charge in [-0.3, -0.25) is 4.79 Å². The molecule has 1 aliphatic rings. The number of methoxy groups -OCH3 is 1. The fourth-order valence-corrected chi connectivity index (χ4v) is 6.07. The van der Waals surface area contributed by atoms with E-state index in [1.165, 1.54) is 43.8 Å². The predicted octanol–water partition coefficient (Wildman–Crippen LogP) is 3.42. The summed E-state index contributed by atoms with van der Waals surface area (Å²) in [6.07, 6.45) is 2.93. The number of fused-ring (bicyclic) bond motifs is 1. The van der Waals surface area contributed by atoms with Gasteiger partial charge < -0.3 is 15.0 Å². The number of ether oxygens (including phenoxy) is 1. The minimum atomic E-state index is -3.63. The van der Waals surface area contributed by atoms with Crippen molar-refractivity contribution in [3.63, 3.8) is 0 Å². The average Bonchev–Trinajstić information content (AvgIpc) is 3.12. The summed E-state index contributed by atoms with van der Waals surface area (Å²) in [7, 11) is 0.788. The Morgan fingerprint density at radius 1 is 1.21 bits per heavy atom. The van der Waals surface area contributed by atoms with Crippen LogP contribution in [0.4, 0.5) is 11.5 Å². The molecule has 34 heavy (non-hydrogen) atoms. The van der Waals surface area contributed by atoms with Gasteiger partial charge in [0.05, 0.1) is 23.1 Å². The van der Waals surface area contributed by atoms with Crippen molar-refractivity contribution in [1.29, 1.82) is 0 Å². The minimum Gasteiger partial charge on any atom is -0.495 e. The van der Waals surface area contributed by atoms with Crippen molar-refractivity contribution in [3.05, 3.63) is 35.0 Å². The molecule has 0 spiro atoms. The van der Waals surface area contributed by atoms with Gasteiger partial charge in [-0.25, -0.2) is 22.7 Å². The Balaban J connectivity index is 1.49. The highest BCUT2D eigenvalue weighted by Gasteiger charge is 2.28. The highest BCUT2D eigenvalue weighted by molar-refractivity contribution is 7.89. The lowest BCUT2D eigenvalue weighted by atomic mass is 9.95. The molecule has 1 aliphatic heterocycles. The number of sulfonamides is 1. The van der Waals surface area contributed by atoms with Gasteiger partial charge in [0.25, 0.3) is 0 Å². The molecule has 3 aromatic rings. The van der Waals surface area contributed by atoms with Gasteiger partial charge in [-0.05, 0) is 50.5 Å². The first-order chi connectivity index (χ1) is 16.1. The number of amides is 1. The van der Waals surface area contributed by atoms with E-state index in [0.29, 0.717) is 37.4 Å². The number of aryl methyl sites for hydroxylation is 2. The fourth-order valence-electron chi connectivity index (χ4n) is 4.15. The van der Waals surface area contributed by atoms with Crippen LogP contribution in [0.5, 0.6) is 5.75 Å². The quantitative estimate of drug-likeness (QED) is 0.550. The van der Waals surface area contributed by atoms with E-state index < -0.39 is 10.0 Å². The molecule has 2 aromatic heterocycles. The molecule has 1 fully saturated rings. The number of carbonyl (C=O) groups excluding carboxylic acids is 1. The summed E-state index contributed by atoms with van der Waals surface area (Å²) < 4.78 is 31.5. The summed E-state index contributed by atoms with van der Waals surface area (Å²) in [6.45, 7) is 5.59. The Morgan fingerprint density at radius 3 is 2.56 bits per heavy atom. The lowest BCUT2D eigenvalue weighted by Crippen LogP contribution is -2.38. The number of rotatable bonds is 6. The molecule has 0 saturated carbocycles. The number of hydrogen-bond donors (Lipinski definition) is 1. The highest BCUT2D eigenvalue weighted by atomic mass is 32.2. The van der Waals surface area contributed by atoms with Gasteiger partial charge in [-0.15, -0.1) is 11.3 Å². The van der Waals surface area contributed by atoms with Gasteiger partial charge in [0, 0.05) is 38.0 Å². The monoisotopic (exact) mass is 503 g/mol. The molecule has 1 aromatic carbocycles. The van der Waals surface area contributed by atoms with Crippen molar-refractivity contribution in [1.82, 2.24) is 14.3 Å². The Bertz CT molecular complexity index is 1330. The second kappa shape index (κ2) is 9.47. The Kier molecular flexibility index (Phi) is 6.79. The number of nitrogens with zero attached hydrogens (tertiary/aromatic N) is 4. The zero-order valence-electron chi connectivity index (χ0n) is 20.0. The Hall–Kier alpha value is -2.76. The van der Waals surface area contributed by atoms with Crippen LogP contribution in [0.2, 0.25) is 0 Å². The van der Waals surface area contributed by atoms with Gasteiger partial charge in [0.15, 0.2) is 0 Å². The van der Waals surface area contributed by atoms with E-state index in [9.17, 15) is 13.2 Å². The predicted molar refractivity (Wildman–Crippen MR) is 134 cm³/mol. The van der Waals surface area contributed by atoms with Crippen molar-refractivity contribution in [2.75, 3.05) is 44.5 Å². The third-order valence-corrected chi connectivity index (χ3v) is 9.24. The molecule has 0 aliphatic carbocycles. The smallest absolute Gasteiger partial charge is 0.242 e. The summed E-state index contributed by atoms with van der Waals surface area (Å²) in [5.41, 5.74) is 1.55. The van der Waals surface area contributed by atoms with Crippen molar-refractivity contribution in [2.45, 2.75) is 31.6 Å². The third kappa shape index (κ3) is 4.47. The second-order valence-corrected chi connectivity index (χ2v) is 11.9. The van der Waals surface area contributed by atoms with Crippen LogP contribution in [0.25, 0.3) is 10.2 Å². The molecule has 1 N–H and O–H groups in total. The normalized spacial score (nSPS) is 15.2. The maximum absolute atomic E-state index is 13.1. The van der Waals surface area contributed by atoms with Gasteiger partial charge in [-0.2, -0.15) is 0 Å². The van der Waals surface area contributed by atoms with Crippen LogP contribution in [-0.2, 0) is 14.8 Å². The number of nitrogens with one attached hydrogen (secondary N) is 1. The summed E-state index contributed by atoms with van der Waals surface area (Å²) in [5, 5.41) is 3.98. The second-order valence-electron chi connectivity index (χ2n) is 8.56. The lowest BCUT2D eigenvalue weighted by molar-refractivity contribution is -0.120. The molecule has 0 atom stereocenters. The summed E-state index contributed by atoms with van der Waals surface area (Å²) >= 11 is 1.67. The molecule has 0 radical (unpaired) electrons. The number of anilines is 2. The van der Waals surface area contributed by atoms with Gasteiger partial charge in [0.1, 0.15) is 22.7 Å². The maximum Gasteiger partial charge on any atom is 0.242 e. The van der Waals surface area contributed by atoms with Crippen molar-refractivity contribution < 1.29 is 17.9 Å². The van der Waals surface area contributed by atoms with E-state index in [1.54, 1.807) is 23.7 Å². The van der Waals surface area contributed by atoms with Crippen LogP contribution in [0.1, 0.15) is 23.3 Å². The van der Waals surface area contributed by atoms with Crippen LogP contribution in [-0.4, -0.2) is 62.9 Å². The van der Waals surface area contributed by atoms with E-state index >= 15 is 0 Å². The van der Waals surface area contributed by atoms with Crippen LogP contribution in [0.15, 0.2) is 29.4 Å². The Labute approximate surface area is 203 Å². The largest absolute Gasteiger partial charge is 0.495 e. The number of thiophene rings is 1. The van der Waals surface area contributed by atoms with E-state index in [0.717, 1.165) is 20.3 Å². The molecule has 0 unspecified atom stereocenters. The van der Waals surface area contributed by atoms with Gasteiger partial charge in [-0.1, -0.05) is 0 Å². The molecule has 0 bridgehead atoms. The fraction of sp³-hybridized carbons (Fsp3) is 0.435. The minimum absolute atomic E-state index is 0.0950. The number of benzene rings is 1. The van der Waals surface area contributed by atoms with Crippen molar-refractivity contribution >= 4 is 49.0 Å².